The van der Waals surface area contributed by atoms with Gasteiger partial charge in [0.1, 0.15) is 0 Å². The SMILES string of the molecule is CCCCc1ccc(-c2ncc(CCC3CCC(CCCC)CC3)cn2)cc1. The first-order chi connectivity index (χ1) is 13.8. The first-order valence-corrected chi connectivity index (χ1v) is 11.7. The Morgan fingerprint density at radius 2 is 1.32 bits per heavy atom. The van der Waals surface area contributed by atoms with Crippen LogP contribution >= 0.6 is 0 Å². The van der Waals surface area contributed by atoms with Crippen LogP contribution in [0, 0.1) is 11.8 Å². The van der Waals surface area contributed by atoms with Crippen molar-refractivity contribution < 1.29 is 0 Å². The van der Waals surface area contributed by atoms with Crippen molar-refractivity contribution in [1.29, 1.82) is 0 Å². The number of aryl methyl sites for hydroxylation is 2. The fourth-order valence-corrected chi connectivity index (χ4v) is 4.51. The third-order valence-electron chi connectivity index (χ3n) is 6.51. The summed E-state index contributed by atoms with van der Waals surface area (Å²) in [6.07, 6.45) is 20.2. The lowest BCUT2D eigenvalue weighted by molar-refractivity contribution is 0.250. The summed E-state index contributed by atoms with van der Waals surface area (Å²) in [6.45, 7) is 4.55. The molecule has 1 aromatic carbocycles. The Kier molecular flexibility index (Phi) is 8.51. The highest BCUT2D eigenvalue weighted by Crippen LogP contribution is 2.34. The fourth-order valence-electron chi connectivity index (χ4n) is 4.51. The molecule has 1 fully saturated rings. The molecule has 1 heterocycles. The fraction of sp³-hybridized carbons (Fsp3) is 0.615. The molecule has 2 aromatic rings. The van der Waals surface area contributed by atoms with Crippen LogP contribution in [0.15, 0.2) is 36.7 Å². The minimum atomic E-state index is 0.849. The number of aromatic nitrogens is 2. The Balaban J connectivity index is 1.44. The summed E-state index contributed by atoms with van der Waals surface area (Å²) in [4.78, 5) is 9.28. The van der Waals surface area contributed by atoms with Crippen LogP contribution in [0.2, 0.25) is 0 Å². The molecule has 0 radical (unpaired) electrons. The smallest absolute Gasteiger partial charge is 0.159 e. The highest BCUT2D eigenvalue weighted by atomic mass is 14.9. The molecule has 0 N–H and O–H groups in total. The Bertz CT molecular complexity index is 667. The predicted octanol–water partition coefficient (Wildman–Crippen LogP) is 7.42. The molecule has 0 unspecified atom stereocenters. The van der Waals surface area contributed by atoms with Crippen molar-refractivity contribution >= 4 is 0 Å². The standard InChI is InChI=1S/C26H38N2/c1-3-5-7-21-9-11-23(12-10-21)13-14-24-19-27-26(28-20-24)25-17-15-22(16-18-25)8-6-4-2/h15-21,23H,3-14H2,1-2H3. The Hall–Kier alpha value is -1.70. The van der Waals surface area contributed by atoms with Gasteiger partial charge < -0.3 is 0 Å². The lowest BCUT2D eigenvalue weighted by Gasteiger charge is -2.28. The van der Waals surface area contributed by atoms with E-state index in [0.29, 0.717) is 0 Å². The van der Waals surface area contributed by atoms with Gasteiger partial charge in [-0.2, -0.15) is 0 Å². The summed E-state index contributed by atoms with van der Waals surface area (Å²) < 4.78 is 0. The molecular formula is C26H38N2. The van der Waals surface area contributed by atoms with E-state index in [9.17, 15) is 0 Å². The second-order valence-electron chi connectivity index (χ2n) is 8.78. The largest absolute Gasteiger partial charge is 0.236 e. The van der Waals surface area contributed by atoms with Crippen LogP contribution in [0.25, 0.3) is 11.4 Å². The van der Waals surface area contributed by atoms with Gasteiger partial charge in [-0.05, 0) is 48.6 Å². The van der Waals surface area contributed by atoms with Gasteiger partial charge in [0.05, 0.1) is 0 Å². The highest BCUT2D eigenvalue weighted by Gasteiger charge is 2.20. The van der Waals surface area contributed by atoms with E-state index in [4.69, 9.17) is 0 Å². The molecular weight excluding hydrogens is 340 g/mol. The summed E-state index contributed by atoms with van der Waals surface area (Å²) in [5, 5.41) is 0. The van der Waals surface area contributed by atoms with Gasteiger partial charge >= 0.3 is 0 Å². The van der Waals surface area contributed by atoms with Gasteiger partial charge in [0, 0.05) is 18.0 Å². The Morgan fingerprint density at radius 3 is 1.93 bits per heavy atom. The van der Waals surface area contributed by atoms with Crippen molar-refractivity contribution in [2.45, 2.75) is 90.9 Å². The van der Waals surface area contributed by atoms with Crippen molar-refractivity contribution in [1.82, 2.24) is 9.97 Å². The third kappa shape index (κ3) is 6.43. The molecule has 0 spiro atoms. The number of benzene rings is 1. The summed E-state index contributed by atoms with van der Waals surface area (Å²) in [6, 6.07) is 8.77. The molecule has 1 saturated carbocycles. The van der Waals surface area contributed by atoms with Crippen molar-refractivity contribution in [3.05, 3.63) is 47.8 Å². The quantitative estimate of drug-likeness (QED) is 0.430. The average molecular weight is 379 g/mol. The number of hydrogen-bond acceptors (Lipinski definition) is 2. The first-order valence-electron chi connectivity index (χ1n) is 11.7. The van der Waals surface area contributed by atoms with Crippen LogP contribution in [0.3, 0.4) is 0 Å². The number of nitrogens with zero attached hydrogens (tertiary/aromatic N) is 2. The second kappa shape index (κ2) is 11.3. The van der Waals surface area contributed by atoms with Gasteiger partial charge in [0.15, 0.2) is 5.82 Å². The van der Waals surface area contributed by atoms with Crippen LogP contribution in [-0.4, -0.2) is 9.97 Å². The number of unbranched alkanes of at least 4 members (excludes halogenated alkanes) is 2. The molecule has 1 aliphatic rings. The van der Waals surface area contributed by atoms with Gasteiger partial charge in [0.25, 0.3) is 0 Å². The van der Waals surface area contributed by atoms with Gasteiger partial charge in [-0.3, -0.25) is 0 Å². The maximum absolute atomic E-state index is 4.64. The van der Waals surface area contributed by atoms with Crippen molar-refractivity contribution in [2.75, 3.05) is 0 Å². The molecule has 0 saturated heterocycles. The van der Waals surface area contributed by atoms with Crippen molar-refractivity contribution in [3.8, 4) is 11.4 Å². The lowest BCUT2D eigenvalue weighted by atomic mass is 9.78. The van der Waals surface area contributed by atoms with Crippen LogP contribution in [0.4, 0.5) is 0 Å². The van der Waals surface area contributed by atoms with E-state index >= 15 is 0 Å². The minimum absolute atomic E-state index is 0.849. The Labute approximate surface area is 172 Å². The molecule has 0 atom stereocenters. The van der Waals surface area contributed by atoms with E-state index in [-0.39, 0.29) is 0 Å². The van der Waals surface area contributed by atoms with Gasteiger partial charge in [-0.15, -0.1) is 0 Å². The highest BCUT2D eigenvalue weighted by molar-refractivity contribution is 5.55. The molecule has 1 aromatic heterocycles. The van der Waals surface area contributed by atoms with Crippen LogP contribution in [0.1, 0.15) is 89.2 Å². The molecule has 1 aliphatic carbocycles. The number of rotatable bonds is 10. The van der Waals surface area contributed by atoms with Crippen LogP contribution in [-0.2, 0) is 12.8 Å². The van der Waals surface area contributed by atoms with Crippen molar-refractivity contribution in [2.24, 2.45) is 11.8 Å². The zero-order chi connectivity index (χ0) is 19.6. The minimum Gasteiger partial charge on any atom is -0.236 e. The van der Waals surface area contributed by atoms with E-state index in [1.165, 1.54) is 75.3 Å². The molecule has 2 heteroatoms. The third-order valence-corrected chi connectivity index (χ3v) is 6.51. The Morgan fingerprint density at radius 1 is 0.714 bits per heavy atom. The normalized spacial score (nSPS) is 19.6. The monoisotopic (exact) mass is 378 g/mol. The predicted molar refractivity (Wildman–Crippen MR) is 119 cm³/mol. The van der Waals surface area contributed by atoms with E-state index in [0.717, 1.165) is 36.1 Å². The van der Waals surface area contributed by atoms with E-state index < -0.39 is 0 Å². The molecule has 0 bridgehead atoms. The molecule has 152 valence electrons. The van der Waals surface area contributed by atoms with Crippen molar-refractivity contribution in [3.63, 3.8) is 0 Å². The van der Waals surface area contributed by atoms with E-state index in [2.05, 4.69) is 48.1 Å². The molecule has 0 aliphatic heterocycles. The summed E-state index contributed by atoms with van der Waals surface area (Å²) in [5.41, 5.74) is 3.82. The van der Waals surface area contributed by atoms with E-state index in [1.807, 2.05) is 12.4 Å². The number of hydrogen-bond donors (Lipinski definition) is 0. The van der Waals surface area contributed by atoms with Gasteiger partial charge in [-0.1, -0.05) is 89.5 Å². The van der Waals surface area contributed by atoms with Gasteiger partial charge in [0.2, 0.25) is 0 Å². The summed E-state index contributed by atoms with van der Waals surface area (Å²) >= 11 is 0. The average Bonchev–Trinajstić information content (AvgIpc) is 2.76. The summed E-state index contributed by atoms with van der Waals surface area (Å²) in [7, 11) is 0. The molecule has 2 nitrogen and oxygen atoms in total. The lowest BCUT2D eigenvalue weighted by Crippen LogP contribution is -2.15. The topological polar surface area (TPSA) is 25.8 Å². The maximum Gasteiger partial charge on any atom is 0.159 e. The van der Waals surface area contributed by atoms with Gasteiger partial charge in [-0.25, -0.2) is 9.97 Å². The molecule has 3 rings (SSSR count). The second-order valence-corrected chi connectivity index (χ2v) is 8.78. The molecule has 0 amide bonds. The molecule has 28 heavy (non-hydrogen) atoms. The van der Waals surface area contributed by atoms with Crippen LogP contribution in [0.5, 0.6) is 0 Å². The van der Waals surface area contributed by atoms with Crippen LogP contribution < -0.4 is 0 Å². The zero-order valence-electron chi connectivity index (χ0n) is 18.0. The zero-order valence-corrected chi connectivity index (χ0v) is 18.0. The maximum atomic E-state index is 4.64. The van der Waals surface area contributed by atoms with E-state index in [1.54, 1.807) is 0 Å². The summed E-state index contributed by atoms with van der Waals surface area (Å²) in [5.74, 6) is 2.77. The first kappa shape index (κ1) is 21.0.